The zero-order valence-electron chi connectivity index (χ0n) is 12.0. The van der Waals surface area contributed by atoms with Crippen LogP contribution in [0.1, 0.15) is 33.3 Å². The topological polar surface area (TPSA) is 35.2 Å². The molecule has 0 spiro atoms. The number of hydrogen-bond donors (Lipinski definition) is 1. The van der Waals surface area contributed by atoms with Crippen molar-refractivity contribution >= 4 is 11.6 Å². The van der Waals surface area contributed by atoms with Gasteiger partial charge in [0.25, 0.3) is 0 Å². The Labute approximate surface area is 120 Å². The molecule has 1 aromatic rings. The van der Waals surface area contributed by atoms with E-state index in [1.807, 2.05) is 6.92 Å². The molecule has 0 saturated heterocycles. The molecule has 108 valence electrons. The van der Waals surface area contributed by atoms with Crippen LogP contribution in [-0.4, -0.2) is 18.8 Å². The van der Waals surface area contributed by atoms with Crippen LogP contribution in [0.4, 0.5) is 4.39 Å². The summed E-state index contributed by atoms with van der Waals surface area (Å²) in [5.74, 6) is -0.296. The Morgan fingerprint density at radius 2 is 2.00 bits per heavy atom. The summed E-state index contributed by atoms with van der Waals surface area (Å²) in [4.78, 5) is 0. The minimum atomic E-state index is -0.296. The number of halogens is 2. The molecule has 0 fully saturated rings. The third-order valence-corrected chi connectivity index (χ3v) is 3.42. The summed E-state index contributed by atoms with van der Waals surface area (Å²) >= 11 is 6.07. The van der Waals surface area contributed by atoms with E-state index >= 15 is 0 Å². The lowest BCUT2D eigenvalue weighted by Gasteiger charge is -2.35. The van der Waals surface area contributed by atoms with Gasteiger partial charge in [-0.15, -0.1) is 0 Å². The SMILES string of the molecule is CCOC(C(N)Cc1cc(F)ccc1Cl)C(C)(C)C. The van der Waals surface area contributed by atoms with E-state index in [0.29, 0.717) is 18.1 Å². The highest BCUT2D eigenvalue weighted by Gasteiger charge is 2.31. The standard InChI is InChI=1S/C15H23ClFNO/c1-5-19-14(15(2,3)4)13(18)9-10-8-11(17)6-7-12(10)16/h6-8,13-14H,5,9,18H2,1-4H3. The second-order valence-electron chi connectivity index (χ2n) is 5.85. The van der Waals surface area contributed by atoms with Crippen LogP contribution in [0.25, 0.3) is 0 Å². The van der Waals surface area contributed by atoms with Crippen LogP contribution in [0.3, 0.4) is 0 Å². The molecule has 0 aliphatic carbocycles. The first kappa shape index (κ1) is 16.4. The summed E-state index contributed by atoms with van der Waals surface area (Å²) in [5, 5.41) is 0.543. The highest BCUT2D eigenvalue weighted by molar-refractivity contribution is 6.31. The van der Waals surface area contributed by atoms with E-state index in [2.05, 4.69) is 20.8 Å². The predicted molar refractivity (Wildman–Crippen MR) is 78.0 cm³/mol. The summed E-state index contributed by atoms with van der Waals surface area (Å²) < 4.78 is 19.0. The Morgan fingerprint density at radius 3 is 2.53 bits per heavy atom. The van der Waals surface area contributed by atoms with Crippen molar-refractivity contribution in [2.75, 3.05) is 6.61 Å². The molecule has 0 saturated carbocycles. The van der Waals surface area contributed by atoms with Gasteiger partial charge in [-0.25, -0.2) is 4.39 Å². The molecule has 0 aromatic heterocycles. The van der Waals surface area contributed by atoms with Crippen LogP contribution in [0.5, 0.6) is 0 Å². The molecule has 2 unspecified atom stereocenters. The Hall–Kier alpha value is -0.640. The highest BCUT2D eigenvalue weighted by Crippen LogP contribution is 2.27. The maximum atomic E-state index is 13.2. The maximum Gasteiger partial charge on any atom is 0.123 e. The zero-order valence-corrected chi connectivity index (χ0v) is 12.8. The first-order valence-corrected chi connectivity index (χ1v) is 6.94. The summed E-state index contributed by atoms with van der Waals surface area (Å²) in [7, 11) is 0. The van der Waals surface area contributed by atoms with Crippen molar-refractivity contribution in [2.45, 2.75) is 46.3 Å². The number of benzene rings is 1. The van der Waals surface area contributed by atoms with Crippen molar-refractivity contribution in [3.8, 4) is 0 Å². The first-order valence-electron chi connectivity index (χ1n) is 6.56. The maximum absolute atomic E-state index is 13.2. The molecule has 0 aliphatic rings. The monoisotopic (exact) mass is 287 g/mol. The van der Waals surface area contributed by atoms with Gasteiger partial charge < -0.3 is 10.5 Å². The molecule has 2 nitrogen and oxygen atoms in total. The number of hydrogen-bond acceptors (Lipinski definition) is 2. The third-order valence-electron chi connectivity index (χ3n) is 3.05. The van der Waals surface area contributed by atoms with E-state index in [1.54, 1.807) is 6.07 Å². The fourth-order valence-electron chi connectivity index (χ4n) is 2.26. The van der Waals surface area contributed by atoms with Crippen LogP contribution in [0.15, 0.2) is 18.2 Å². The van der Waals surface area contributed by atoms with Crippen molar-refractivity contribution < 1.29 is 9.13 Å². The van der Waals surface area contributed by atoms with E-state index in [0.717, 1.165) is 5.56 Å². The molecular weight excluding hydrogens is 265 g/mol. The van der Waals surface area contributed by atoms with E-state index in [9.17, 15) is 4.39 Å². The molecule has 19 heavy (non-hydrogen) atoms. The van der Waals surface area contributed by atoms with Crippen LogP contribution < -0.4 is 5.73 Å². The molecule has 1 rings (SSSR count). The fraction of sp³-hybridized carbons (Fsp3) is 0.600. The average Bonchev–Trinajstić information content (AvgIpc) is 2.29. The van der Waals surface area contributed by atoms with Gasteiger partial charge in [0.1, 0.15) is 5.82 Å². The number of rotatable bonds is 5. The molecular formula is C15H23ClFNO. The normalized spacial score (nSPS) is 15.3. The second kappa shape index (κ2) is 6.69. The van der Waals surface area contributed by atoms with Gasteiger partial charge in [0.05, 0.1) is 6.10 Å². The van der Waals surface area contributed by atoms with E-state index in [4.69, 9.17) is 22.1 Å². The van der Waals surface area contributed by atoms with Gasteiger partial charge in [-0.05, 0) is 42.5 Å². The smallest absolute Gasteiger partial charge is 0.123 e. The van der Waals surface area contributed by atoms with Crippen LogP contribution >= 0.6 is 11.6 Å². The van der Waals surface area contributed by atoms with Gasteiger partial charge >= 0.3 is 0 Å². The number of nitrogens with two attached hydrogens (primary N) is 1. The molecule has 2 N–H and O–H groups in total. The van der Waals surface area contributed by atoms with E-state index in [1.165, 1.54) is 12.1 Å². The quantitative estimate of drug-likeness (QED) is 0.894. The zero-order chi connectivity index (χ0) is 14.6. The van der Waals surface area contributed by atoms with Crippen LogP contribution in [-0.2, 0) is 11.2 Å². The highest BCUT2D eigenvalue weighted by atomic mass is 35.5. The summed E-state index contributed by atoms with van der Waals surface area (Å²) in [6.07, 6.45) is 0.398. The van der Waals surface area contributed by atoms with Crippen LogP contribution in [0, 0.1) is 11.2 Å². The lowest BCUT2D eigenvalue weighted by atomic mass is 9.82. The van der Waals surface area contributed by atoms with Gasteiger partial charge in [-0.2, -0.15) is 0 Å². The first-order chi connectivity index (χ1) is 8.75. The average molecular weight is 288 g/mol. The van der Waals surface area contributed by atoms with Gasteiger partial charge in [0.15, 0.2) is 0 Å². The molecule has 0 amide bonds. The molecule has 4 heteroatoms. The summed E-state index contributed by atoms with van der Waals surface area (Å²) in [6, 6.07) is 4.13. The Bertz CT molecular complexity index is 417. The second-order valence-corrected chi connectivity index (χ2v) is 6.25. The molecule has 0 radical (unpaired) electrons. The lowest BCUT2D eigenvalue weighted by molar-refractivity contribution is -0.0274. The van der Waals surface area contributed by atoms with Crippen molar-refractivity contribution in [2.24, 2.45) is 11.1 Å². The van der Waals surface area contributed by atoms with Gasteiger partial charge in [0, 0.05) is 17.7 Å². The molecule has 1 aromatic carbocycles. The molecule has 2 atom stereocenters. The predicted octanol–water partition coefficient (Wildman–Crippen LogP) is 3.80. The largest absolute Gasteiger partial charge is 0.376 e. The summed E-state index contributed by atoms with van der Waals surface area (Å²) in [5.41, 5.74) is 6.89. The molecule has 0 aliphatic heterocycles. The van der Waals surface area contributed by atoms with Gasteiger partial charge in [0.2, 0.25) is 0 Å². The Kier molecular flexibility index (Phi) is 5.78. The van der Waals surface area contributed by atoms with Crippen LogP contribution in [0.2, 0.25) is 5.02 Å². The van der Waals surface area contributed by atoms with Crippen molar-refractivity contribution in [3.05, 3.63) is 34.6 Å². The Morgan fingerprint density at radius 1 is 1.37 bits per heavy atom. The molecule has 0 heterocycles. The van der Waals surface area contributed by atoms with Crippen molar-refractivity contribution in [3.63, 3.8) is 0 Å². The summed E-state index contributed by atoms with van der Waals surface area (Å²) in [6.45, 7) is 8.80. The lowest BCUT2D eigenvalue weighted by Crippen LogP contribution is -2.46. The minimum Gasteiger partial charge on any atom is -0.376 e. The van der Waals surface area contributed by atoms with E-state index in [-0.39, 0.29) is 23.4 Å². The van der Waals surface area contributed by atoms with E-state index < -0.39 is 0 Å². The minimum absolute atomic E-state index is 0.0742. The van der Waals surface area contributed by atoms with Gasteiger partial charge in [-0.1, -0.05) is 32.4 Å². The van der Waals surface area contributed by atoms with Crippen molar-refractivity contribution in [1.82, 2.24) is 0 Å². The van der Waals surface area contributed by atoms with Gasteiger partial charge in [-0.3, -0.25) is 0 Å². The fourth-order valence-corrected chi connectivity index (χ4v) is 2.45. The third kappa shape index (κ3) is 4.75. The molecule has 0 bridgehead atoms. The van der Waals surface area contributed by atoms with Crippen molar-refractivity contribution in [1.29, 1.82) is 0 Å². The Balaban J connectivity index is 2.87. The number of ether oxygens (including phenoxy) is 1.